The van der Waals surface area contributed by atoms with E-state index in [4.69, 9.17) is 5.11 Å². The maximum Gasteiger partial charge on any atom is 0.358 e. The maximum atomic E-state index is 10.7. The van der Waals surface area contributed by atoms with E-state index in [0.29, 0.717) is 0 Å². The number of nitrogens with zero attached hydrogens (tertiary/aromatic N) is 2. The van der Waals surface area contributed by atoms with Crippen molar-refractivity contribution in [3.8, 4) is 5.75 Å². The highest BCUT2D eigenvalue weighted by molar-refractivity contribution is 5.88. The van der Waals surface area contributed by atoms with Crippen LogP contribution in [0.3, 0.4) is 0 Å². The molecule has 5 heteroatoms. The largest absolute Gasteiger partial charge is 0.504 e. The summed E-state index contributed by atoms with van der Waals surface area (Å²) < 4.78 is 1.28. The topological polar surface area (TPSA) is 75.3 Å². The first-order valence-corrected chi connectivity index (χ1v) is 3.85. The number of carboxylic acid groups (broad SMARTS) is 1. The van der Waals surface area contributed by atoms with Crippen LogP contribution in [-0.2, 0) is 5.54 Å². The third kappa shape index (κ3) is 1.63. The molecule has 1 rings (SSSR count). The number of carboxylic acids is 1. The average Bonchev–Trinajstić information content (AvgIpc) is 2.28. The van der Waals surface area contributed by atoms with E-state index >= 15 is 0 Å². The van der Waals surface area contributed by atoms with Crippen LogP contribution < -0.4 is 0 Å². The third-order valence-electron chi connectivity index (χ3n) is 1.59. The molecular weight excluding hydrogens is 172 g/mol. The molecule has 0 aliphatic carbocycles. The Bertz CT molecular complexity index is 336. The monoisotopic (exact) mass is 184 g/mol. The molecule has 5 nitrogen and oxygen atoms in total. The summed E-state index contributed by atoms with van der Waals surface area (Å²) in [5.74, 6) is -1.48. The fourth-order valence-corrected chi connectivity index (χ4v) is 1.05. The molecule has 1 aromatic heterocycles. The molecule has 0 radical (unpaired) electrons. The molecule has 0 aliphatic heterocycles. The zero-order valence-electron chi connectivity index (χ0n) is 7.77. The van der Waals surface area contributed by atoms with E-state index in [0.717, 1.165) is 6.20 Å². The van der Waals surface area contributed by atoms with Crippen LogP contribution in [0, 0.1) is 0 Å². The zero-order chi connectivity index (χ0) is 10.2. The van der Waals surface area contributed by atoms with Crippen LogP contribution in [0.5, 0.6) is 5.75 Å². The first kappa shape index (κ1) is 9.57. The summed E-state index contributed by atoms with van der Waals surface area (Å²) in [6.07, 6.45) is 1.13. The van der Waals surface area contributed by atoms with Crippen molar-refractivity contribution in [1.82, 2.24) is 9.78 Å². The number of aromatic carboxylic acids is 1. The summed E-state index contributed by atoms with van der Waals surface area (Å²) in [4.78, 5) is 10.7. The summed E-state index contributed by atoms with van der Waals surface area (Å²) in [7, 11) is 0. The van der Waals surface area contributed by atoms with Crippen molar-refractivity contribution in [3.05, 3.63) is 11.9 Å². The summed E-state index contributed by atoms with van der Waals surface area (Å²) in [6, 6.07) is 0. The van der Waals surface area contributed by atoms with E-state index in [9.17, 15) is 9.90 Å². The molecule has 0 spiro atoms. The Balaban J connectivity index is 3.31. The highest BCUT2D eigenvalue weighted by atomic mass is 16.4. The first-order chi connectivity index (χ1) is 5.84. The van der Waals surface area contributed by atoms with E-state index in [2.05, 4.69) is 5.10 Å². The number of hydrogen-bond acceptors (Lipinski definition) is 3. The number of hydrogen-bond donors (Lipinski definition) is 2. The minimum absolute atomic E-state index is 0.174. The standard InChI is InChI=1S/C8H12N2O3/c1-8(2,3)10-6(7(12)13)5(11)4-9-10/h4,11H,1-3H3,(H,12,13). The van der Waals surface area contributed by atoms with Crippen molar-refractivity contribution in [2.45, 2.75) is 26.3 Å². The van der Waals surface area contributed by atoms with Crippen LogP contribution in [-0.4, -0.2) is 26.0 Å². The zero-order valence-corrected chi connectivity index (χ0v) is 7.77. The van der Waals surface area contributed by atoms with Gasteiger partial charge in [0.25, 0.3) is 0 Å². The van der Waals surface area contributed by atoms with Crippen molar-refractivity contribution in [3.63, 3.8) is 0 Å². The van der Waals surface area contributed by atoms with Gasteiger partial charge in [-0.15, -0.1) is 0 Å². The molecule has 2 N–H and O–H groups in total. The van der Waals surface area contributed by atoms with Gasteiger partial charge in [0.2, 0.25) is 0 Å². The molecule has 0 fully saturated rings. The Kier molecular flexibility index (Phi) is 2.03. The van der Waals surface area contributed by atoms with Crippen molar-refractivity contribution >= 4 is 5.97 Å². The molecule has 0 aliphatic rings. The van der Waals surface area contributed by atoms with Crippen LogP contribution in [0.25, 0.3) is 0 Å². The van der Waals surface area contributed by atoms with Gasteiger partial charge in [-0.05, 0) is 20.8 Å². The van der Waals surface area contributed by atoms with Gasteiger partial charge in [-0.1, -0.05) is 0 Å². The molecule has 72 valence electrons. The van der Waals surface area contributed by atoms with E-state index in [1.54, 1.807) is 0 Å². The molecule has 0 unspecified atom stereocenters. The summed E-state index contributed by atoms with van der Waals surface area (Å²) in [5, 5.41) is 21.8. The average molecular weight is 184 g/mol. The van der Waals surface area contributed by atoms with Crippen LogP contribution >= 0.6 is 0 Å². The fourth-order valence-electron chi connectivity index (χ4n) is 1.05. The Labute approximate surface area is 75.6 Å². The van der Waals surface area contributed by atoms with Crippen LogP contribution in [0.15, 0.2) is 6.20 Å². The molecule has 13 heavy (non-hydrogen) atoms. The SMILES string of the molecule is CC(C)(C)n1ncc(O)c1C(=O)O. The molecule has 0 bridgehead atoms. The van der Waals surface area contributed by atoms with Crippen molar-refractivity contribution in [2.75, 3.05) is 0 Å². The van der Waals surface area contributed by atoms with E-state index in [1.807, 2.05) is 20.8 Å². The van der Waals surface area contributed by atoms with Crippen molar-refractivity contribution in [1.29, 1.82) is 0 Å². The Morgan fingerprint density at radius 3 is 2.38 bits per heavy atom. The van der Waals surface area contributed by atoms with Crippen LogP contribution in [0.2, 0.25) is 0 Å². The number of aromatic nitrogens is 2. The minimum atomic E-state index is -1.18. The first-order valence-electron chi connectivity index (χ1n) is 3.85. The lowest BCUT2D eigenvalue weighted by Crippen LogP contribution is -2.26. The van der Waals surface area contributed by atoms with Gasteiger partial charge in [0.15, 0.2) is 11.4 Å². The second kappa shape index (κ2) is 2.76. The highest BCUT2D eigenvalue weighted by Gasteiger charge is 2.24. The number of rotatable bonds is 1. The van der Waals surface area contributed by atoms with Gasteiger partial charge in [-0.3, -0.25) is 0 Å². The minimum Gasteiger partial charge on any atom is -0.504 e. The summed E-state index contributed by atoms with van der Waals surface area (Å²) in [5.41, 5.74) is -0.623. The molecule has 0 saturated carbocycles. The Morgan fingerprint density at radius 1 is 1.54 bits per heavy atom. The maximum absolute atomic E-state index is 10.7. The van der Waals surface area contributed by atoms with Gasteiger partial charge >= 0.3 is 5.97 Å². The van der Waals surface area contributed by atoms with Gasteiger partial charge in [-0.25, -0.2) is 9.48 Å². The molecular formula is C8H12N2O3. The smallest absolute Gasteiger partial charge is 0.358 e. The van der Waals surface area contributed by atoms with Crippen molar-refractivity contribution in [2.24, 2.45) is 0 Å². The Morgan fingerprint density at radius 2 is 2.08 bits per heavy atom. The fraction of sp³-hybridized carbons (Fsp3) is 0.500. The van der Waals surface area contributed by atoms with Gasteiger partial charge in [0, 0.05) is 0 Å². The summed E-state index contributed by atoms with van der Waals surface area (Å²) >= 11 is 0. The lowest BCUT2D eigenvalue weighted by molar-refractivity contribution is 0.0671. The normalized spacial score (nSPS) is 11.6. The molecule has 0 saturated heterocycles. The third-order valence-corrected chi connectivity index (χ3v) is 1.59. The van der Waals surface area contributed by atoms with Crippen LogP contribution in [0.1, 0.15) is 31.3 Å². The predicted molar refractivity (Wildman–Crippen MR) is 45.8 cm³/mol. The number of aromatic hydroxyl groups is 1. The second-order valence-electron chi connectivity index (χ2n) is 3.77. The van der Waals surface area contributed by atoms with E-state index in [1.165, 1.54) is 4.68 Å². The van der Waals surface area contributed by atoms with Gasteiger partial charge < -0.3 is 10.2 Å². The van der Waals surface area contributed by atoms with Gasteiger partial charge in [-0.2, -0.15) is 5.10 Å². The molecule has 0 aromatic carbocycles. The Hall–Kier alpha value is -1.52. The lowest BCUT2D eigenvalue weighted by atomic mass is 10.1. The highest BCUT2D eigenvalue weighted by Crippen LogP contribution is 2.22. The van der Waals surface area contributed by atoms with E-state index in [-0.39, 0.29) is 11.4 Å². The predicted octanol–water partition coefficient (Wildman–Crippen LogP) is 1.04. The quantitative estimate of drug-likeness (QED) is 0.683. The van der Waals surface area contributed by atoms with Crippen LogP contribution in [0.4, 0.5) is 0 Å². The number of carbonyl (C=O) groups is 1. The molecule has 1 aromatic rings. The van der Waals surface area contributed by atoms with Crippen molar-refractivity contribution < 1.29 is 15.0 Å². The second-order valence-corrected chi connectivity index (χ2v) is 3.77. The lowest BCUT2D eigenvalue weighted by Gasteiger charge is -2.20. The molecule has 0 amide bonds. The molecule has 1 heterocycles. The summed E-state index contributed by atoms with van der Waals surface area (Å²) in [6.45, 7) is 5.43. The molecule has 0 atom stereocenters. The van der Waals surface area contributed by atoms with E-state index < -0.39 is 11.5 Å². The van der Waals surface area contributed by atoms with Gasteiger partial charge in [0.1, 0.15) is 0 Å². The van der Waals surface area contributed by atoms with Gasteiger partial charge in [0.05, 0.1) is 11.7 Å².